The Hall–Kier alpha value is -2.48. The fourth-order valence-electron chi connectivity index (χ4n) is 2.85. The molecule has 0 aliphatic carbocycles. The van der Waals surface area contributed by atoms with E-state index in [2.05, 4.69) is 10.0 Å². The normalized spacial score (nSPS) is 11.4. The van der Waals surface area contributed by atoms with Crippen molar-refractivity contribution < 1.29 is 13.2 Å². The summed E-state index contributed by atoms with van der Waals surface area (Å²) in [6, 6.07) is 16.9. The third-order valence-corrected chi connectivity index (χ3v) is 6.81. The summed E-state index contributed by atoms with van der Waals surface area (Å²) in [5.74, 6) is -0.209. The smallest absolute Gasteiger partial charge is 0.262 e. The molecule has 1 heterocycles. The molecule has 28 heavy (non-hydrogen) atoms. The van der Waals surface area contributed by atoms with Gasteiger partial charge in [0.2, 0.25) is 10.0 Å². The minimum atomic E-state index is -3.62. The molecule has 0 unspecified atom stereocenters. The molecule has 3 aromatic rings. The Balaban J connectivity index is 1.60. The third kappa shape index (κ3) is 4.67. The molecule has 7 heteroatoms. The molecule has 0 aliphatic heterocycles. The van der Waals surface area contributed by atoms with Crippen molar-refractivity contribution in [3.63, 3.8) is 0 Å². The predicted molar refractivity (Wildman–Crippen MR) is 113 cm³/mol. The molecule has 146 valence electrons. The minimum absolute atomic E-state index is 0.119. The summed E-state index contributed by atoms with van der Waals surface area (Å²) in [6.07, 6.45) is 0. The van der Waals surface area contributed by atoms with Crippen LogP contribution in [-0.4, -0.2) is 27.4 Å². The average Bonchev–Trinajstić information content (AvgIpc) is 3.17. The number of sulfonamides is 1. The lowest BCUT2D eigenvalue weighted by Crippen LogP contribution is -2.34. The fourth-order valence-corrected chi connectivity index (χ4v) is 5.04. The molecular weight excluding hydrogens is 392 g/mol. The molecule has 0 atom stereocenters. The zero-order valence-corrected chi connectivity index (χ0v) is 17.4. The monoisotopic (exact) mass is 414 g/mol. The van der Waals surface area contributed by atoms with Crippen LogP contribution in [0.15, 0.2) is 64.9 Å². The molecule has 0 saturated heterocycles. The summed E-state index contributed by atoms with van der Waals surface area (Å²) < 4.78 is 27.5. The van der Waals surface area contributed by atoms with Gasteiger partial charge in [-0.15, -0.1) is 11.3 Å². The predicted octanol–water partition coefficient (Wildman–Crippen LogP) is 3.74. The summed E-state index contributed by atoms with van der Waals surface area (Å²) in [4.78, 5) is 13.4. The van der Waals surface area contributed by atoms with Crippen molar-refractivity contribution in [1.29, 1.82) is 0 Å². The van der Waals surface area contributed by atoms with Gasteiger partial charge in [-0.1, -0.05) is 42.5 Å². The van der Waals surface area contributed by atoms with E-state index in [0.29, 0.717) is 10.4 Å². The highest BCUT2D eigenvalue weighted by atomic mass is 32.2. The molecule has 0 radical (unpaired) electrons. The van der Waals surface area contributed by atoms with Crippen LogP contribution in [0.3, 0.4) is 0 Å². The van der Waals surface area contributed by atoms with E-state index in [4.69, 9.17) is 0 Å². The van der Waals surface area contributed by atoms with Gasteiger partial charge < -0.3 is 5.32 Å². The van der Waals surface area contributed by atoms with Gasteiger partial charge in [0.1, 0.15) is 0 Å². The first-order valence-electron chi connectivity index (χ1n) is 8.86. The summed E-state index contributed by atoms with van der Waals surface area (Å²) in [5, 5.41) is 4.67. The number of carbonyl (C=O) groups excluding carboxylic acids is 1. The maximum absolute atomic E-state index is 12.5. The van der Waals surface area contributed by atoms with E-state index in [1.807, 2.05) is 54.8 Å². The summed E-state index contributed by atoms with van der Waals surface area (Å²) in [6.45, 7) is 3.93. The van der Waals surface area contributed by atoms with Crippen molar-refractivity contribution in [2.45, 2.75) is 18.7 Å². The standard InChI is InChI=1S/C21H22N2O3S2/c1-15-8-9-16(2)19(14-15)28(25,26)23-12-11-22-21(24)20-18(10-13-27-20)17-6-4-3-5-7-17/h3-10,13-14,23H,11-12H2,1-2H3,(H,22,24). The lowest BCUT2D eigenvalue weighted by molar-refractivity contribution is 0.0959. The Morgan fingerprint density at radius 3 is 2.50 bits per heavy atom. The lowest BCUT2D eigenvalue weighted by Gasteiger charge is -2.11. The van der Waals surface area contributed by atoms with E-state index in [1.165, 1.54) is 11.3 Å². The highest BCUT2D eigenvalue weighted by Crippen LogP contribution is 2.28. The topological polar surface area (TPSA) is 75.3 Å². The number of nitrogens with one attached hydrogen (secondary N) is 2. The van der Waals surface area contributed by atoms with Gasteiger partial charge in [0.25, 0.3) is 5.91 Å². The van der Waals surface area contributed by atoms with Gasteiger partial charge in [0.15, 0.2) is 0 Å². The number of benzene rings is 2. The van der Waals surface area contributed by atoms with Gasteiger partial charge >= 0.3 is 0 Å². The Morgan fingerprint density at radius 1 is 1.00 bits per heavy atom. The van der Waals surface area contributed by atoms with E-state index in [-0.39, 0.29) is 23.9 Å². The molecule has 0 aliphatic rings. The minimum Gasteiger partial charge on any atom is -0.350 e. The quantitative estimate of drug-likeness (QED) is 0.578. The fraction of sp³-hybridized carbons (Fsp3) is 0.190. The van der Waals surface area contributed by atoms with E-state index in [0.717, 1.165) is 16.7 Å². The highest BCUT2D eigenvalue weighted by Gasteiger charge is 2.17. The Bertz CT molecular complexity index is 1070. The summed E-state index contributed by atoms with van der Waals surface area (Å²) in [5.41, 5.74) is 3.42. The van der Waals surface area contributed by atoms with Gasteiger partial charge in [-0.25, -0.2) is 13.1 Å². The number of thiophene rings is 1. The molecule has 0 fully saturated rings. The number of amides is 1. The van der Waals surface area contributed by atoms with Crippen LogP contribution in [-0.2, 0) is 10.0 Å². The zero-order chi connectivity index (χ0) is 20.1. The molecule has 1 aromatic heterocycles. The van der Waals surface area contributed by atoms with E-state index >= 15 is 0 Å². The van der Waals surface area contributed by atoms with Crippen molar-refractivity contribution in [3.05, 3.63) is 76.0 Å². The van der Waals surface area contributed by atoms with Gasteiger partial charge in [0.05, 0.1) is 9.77 Å². The first-order valence-corrected chi connectivity index (χ1v) is 11.2. The average molecular weight is 415 g/mol. The second-order valence-electron chi connectivity index (χ2n) is 6.45. The molecule has 3 rings (SSSR count). The van der Waals surface area contributed by atoms with Crippen LogP contribution in [0.5, 0.6) is 0 Å². The Labute approximate surface area is 169 Å². The van der Waals surface area contributed by atoms with Gasteiger partial charge in [0, 0.05) is 18.7 Å². The third-order valence-electron chi connectivity index (χ3n) is 4.29. The number of carbonyl (C=O) groups is 1. The van der Waals surface area contributed by atoms with Crippen molar-refractivity contribution in [1.82, 2.24) is 10.0 Å². The lowest BCUT2D eigenvalue weighted by atomic mass is 10.1. The van der Waals surface area contributed by atoms with Crippen LogP contribution in [0.25, 0.3) is 11.1 Å². The second-order valence-corrected chi connectivity index (χ2v) is 9.10. The SMILES string of the molecule is Cc1ccc(C)c(S(=O)(=O)NCCNC(=O)c2sccc2-c2ccccc2)c1. The molecular formula is C21H22N2O3S2. The first kappa shape index (κ1) is 20.3. The van der Waals surface area contributed by atoms with Gasteiger partial charge in [-0.05, 0) is 48.1 Å². The van der Waals surface area contributed by atoms with E-state index in [9.17, 15) is 13.2 Å². The van der Waals surface area contributed by atoms with E-state index in [1.54, 1.807) is 19.1 Å². The molecule has 1 amide bonds. The van der Waals surface area contributed by atoms with Crippen molar-refractivity contribution in [3.8, 4) is 11.1 Å². The number of rotatable bonds is 7. The van der Waals surface area contributed by atoms with Crippen molar-refractivity contribution in [2.24, 2.45) is 0 Å². The molecule has 0 bridgehead atoms. The Morgan fingerprint density at radius 2 is 1.75 bits per heavy atom. The van der Waals surface area contributed by atoms with Crippen LogP contribution in [0.1, 0.15) is 20.8 Å². The summed E-state index contributed by atoms with van der Waals surface area (Å²) >= 11 is 1.37. The van der Waals surface area contributed by atoms with E-state index < -0.39 is 10.0 Å². The number of hydrogen-bond donors (Lipinski definition) is 2. The van der Waals surface area contributed by atoms with Crippen LogP contribution in [0.2, 0.25) is 0 Å². The van der Waals surface area contributed by atoms with Crippen LogP contribution in [0, 0.1) is 13.8 Å². The van der Waals surface area contributed by atoms with Crippen LogP contribution in [0.4, 0.5) is 0 Å². The zero-order valence-electron chi connectivity index (χ0n) is 15.7. The van der Waals surface area contributed by atoms with Gasteiger partial charge in [-0.3, -0.25) is 4.79 Å². The van der Waals surface area contributed by atoms with Crippen molar-refractivity contribution in [2.75, 3.05) is 13.1 Å². The maximum Gasteiger partial charge on any atom is 0.262 e. The largest absolute Gasteiger partial charge is 0.350 e. The molecule has 2 N–H and O–H groups in total. The summed E-state index contributed by atoms with van der Waals surface area (Å²) in [7, 11) is -3.62. The van der Waals surface area contributed by atoms with Gasteiger partial charge in [-0.2, -0.15) is 0 Å². The number of aryl methyl sites for hydroxylation is 2. The highest BCUT2D eigenvalue weighted by molar-refractivity contribution is 7.89. The second kappa shape index (κ2) is 8.68. The van der Waals surface area contributed by atoms with Crippen LogP contribution < -0.4 is 10.0 Å². The Kier molecular flexibility index (Phi) is 6.28. The maximum atomic E-state index is 12.5. The molecule has 0 spiro atoms. The van der Waals surface area contributed by atoms with Crippen molar-refractivity contribution >= 4 is 27.3 Å². The number of hydrogen-bond acceptors (Lipinski definition) is 4. The molecule has 0 saturated carbocycles. The first-order chi connectivity index (χ1) is 13.4. The van der Waals surface area contributed by atoms with Crippen LogP contribution >= 0.6 is 11.3 Å². The molecule has 2 aromatic carbocycles. The molecule has 5 nitrogen and oxygen atoms in total.